The minimum absolute atomic E-state index is 0.0712. The van der Waals surface area contributed by atoms with Gasteiger partial charge in [0.2, 0.25) is 5.91 Å². The number of nitrogens with one attached hydrogen (secondary N) is 1. The number of benzene rings is 1. The maximum absolute atomic E-state index is 12.7. The zero-order valence-electron chi connectivity index (χ0n) is 18.6. The standard InChI is InChI=1S/C24H29N3O4S/c1-3-10-27-23(29)20(32-24(27)30)12-17-14-26(22-16(4-2)7-5-9-19(17)22)15-21(28)25-13-18-8-6-11-31-18/h5,7,9,12,14,18H,3-4,6,8,10-11,13,15H2,1-2H3,(H,25,28)/b20-12-/t18-/m1/s1. The Morgan fingerprint density at radius 1 is 1.31 bits per heavy atom. The molecule has 1 N–H and O–H groups in total. The Labute approximate surface area is 192 Å². The predicted octanol–water partition coefficient (Wildman–Crippen LogP) is 3.95. The summed E-state index contributed by atoms with van der Waals surface area (Å²) in [6.45, 7) is 5.92. The molecule has 0 spiro atoms. The fourth-order valence-corrected chi connectivity index (χ4v) is 5.15. The molecule has 1 aromatic carbocycles. The molecule has 7 nitrogen and oxygen atoms in total. The number of aromatic nitrogens is 1. The molecule has 32 heavy (non-hydrogen) atoms. The fourth-order valence-electron chi connectivity index (χ4n) is 4.29. The highest BCUT2D eigenvalue weighted by Crippen LogP contribution is 2.35. The van der Waals surface area contributed by atoms with Crippen LogP contribution in [0.5, 0.6) is 0 Å². The minimum atomic E-state index is -0.247. The van der Waals surface area contributed by atoms with Crippen LogP contribution in [0.15, 0.2) is 29.3 Å². The third kappa shape index (κ3) is 4.61. The van der Waals surface area contributed by atoms with Crippen molar-refractivity contribution in [1.82, 2.24) is 14.8 Å². The SMILES string of the molecule is CCCN1C(=O)S/C(=C\c2cn(CC(=O)NC[C@H]3CCCO3)c3c(CC)cccc23)C1=O. The van der Waals surface area contributed by atoms with Gasteiger partial charge in [0, 0.05) is 36.8 Å². The van der Waals surface area contributed by atoms with Crippen molar-refractivity contribution in [3.63, 3.8) is 0 Å². The molecule has 8 heteroatoms. The highest BCUT2D eigenvalue weighted by Gasteiger charge is 2.34. The average molecular weight is 456 g/mol. The Morgan fingerprint density at radius 3 is 2.88 bits per heavy atom. The molecule has 0 bridgehead atoms. The van der Waals surface area contributed by atoms with Gasteiger partial charge < -0.3 is 14.6 Å². The number of aryl methyl sites for hydroxylation is 1. The van der Waals surface area contributed by atoms with Crippen LogP contribution >= 0.6 is 11.8 Å². The maximum Gasteiger partial charge on any atom is 0.293 e. The zero-order chi connectivity index (χ0) is 22.7. The van der Waals surface area contributed by atoms with E-state index in [1.165, 1.54) is 4.90 Å². The van der Waals surface area contributed by atoms with E-state index in [2.05, 4.69) is 18.3 Å². The van der Waals surface area contributed by atoms with Gasteiger partial charge >= 0.3 is 0 Å². The van der Waals surface area contributed by atoms with Crippen molar-refractivity contribution in [1.29, 1.82) is 0 Å². The van der Waals surface area contributed by atoms with Crippen molar-refractivity contribution in [2.75, 3.05) is 19.7 Å². The third-order valence-electron chi connectivity index (χ3n) is 5.87. The van der Waals surface area contributed by atoms with E-state index in [0.717, 1.165) is 66.1 Å². The van der Waals surface area contributed by atoms with Crippen LogP contribution in [0.2, 0.25) is 0 Å². The first-order chi connectivity index (χ1) is 15.5. The van der Waals surface area contributed by atoms with Crippen LogP contribution in [-0.2, 0) is 27.3 Å². The van der Waals surface area contributed by atoms with Crippen LogP contribution < -0.4 is 5.32 Å². The Kier molecular flexibility index (Phi) is 7.01. The molecular formula is C24H29N3O4S. The number of para-hydroxylation sites is 1. The van der Waals surface area contributed by atoms with Gasteiger partial charge in [0.05, 0.1) is 16.5 Å². The van der Waals surface area contributed by atoms with Crippen LogP contribution in [0, 0.1) is 0 Å². The summed E-state index contributed by atoms with van der Waals surface area (Å²) in [5.41, 5.74) is 2.96. The molecule has 0 unspecified atom stereocenters. The zero-order valence-corrected chi connectivity index (χ0v) is 19.4. The smallest absolute Gasteiger partial charge is 0.293 e. The van der Waals surface area contributed by atoms with Gasteiger partial charge in [-0.2, -0.15) is 0 Å². The van der Waals surface area contributed by atoms with Crippen molar-refractivity contribution < 1.29 is 19.1 Å². The Hall–Kier alpha value is -2.58. The largest absolute Gasteiger partial charge is 0.376 e. The molecule has 0 aliphatic carbocycles. The number of nitrogens with zero attached hydrogens (tertiary/aromatic N) is 2. The van der Waals surface area contributed by atoms with Crippen molar-refractivity contribution in [3.8, 4) is 0 Å². The molecule has 1 aromatic heterocycles. The first-order valence-electron chi connectivity index (χ1n) is 11.3. The molecule has 2 saturated heterocycles. The number of ether oxygens (including phenoxy) is 1. The Balaban J connectivity index is 1.62. The molecule has 2 aliphatic heterocycles. The van der Waals surface area contributed by atoms with E-state index >= 15 is 0 Å². The first-order valence-corrected chi connectivity index (χ1v) is 12.1. The maximum atomic E-state index is 12.7. The van der Waals surface area contributed by atoms with E-state index in [1.54, 1.807) is 6.08 Å². The van der Waals surface area contributed by atoms with Crippen molar-refractivity contribution in [2.24, 2.45) is 0 Å². The molecule has 0 radical (unpaired) electrons. The molecule has 2 fully saturated rings. The quantitative estimate of drug-likeness (QED) is 0.610. The molecular weight excluding hydrogens is 426 g/mol. The fraction of sp³-hybridized carbons (Fsp3) is 0.458. The number of amides is 3. The second-order valence-corrected chi connectivity index (χ2v) is 9.14. The van der Waals surface area contributed by atoms with Crippen LogP contribution in [-0.4, -0.2) is 52.3 Å². The van der Waals surface area contributed by atoms with Gasteiger partial charge in [-0.05, 0) is 49.1 Å². The monoisotopic (exact) mass is 455 g/mol. The summed E-state index contributed by atoms with van der Waals surface area (Å²) in [6, 6.07) is 6.04. The van der Waals surface area contributed by atoms with Gasteiger partial charge in [0.15, 0.2) is 0 Å². The van der Waals surface area contributed by atoms with Crippen molar-refractivity contribution in [2.45, 2.75) is 52.2 Å². The summed E-state index contributed by atoms with van der Waals surface area (Å²) in [4.78, 5) is 39.3. The number of imide groups is 1. The molecule has 170 valence electrons. The van der Waals surface area contributed by atoms with Gasteiger partial charge in [0.25, 0.3) is 11.1 Å². The van der Waals surface area contributed by atoms with Crippen LogP contribution in [0.4, 0.5) is 4.79 Å². The third-order valence-corrected chi connectivity index (χ3v) is 6.77. The van der Waals surface area contributed by atoms with Crippen molar-refractivity contribution in [3.05, 3.63) is 40.4 Å². The topological polar surface area (TPSA) is 80.6 Å². The lowest BCUT2D eigenvalue weighted by molar-refractivity contribution is -0.123. The van der Waals surface area contributed by atoms with Crippen molar-refractivity contribution >= 4 is 45.8 Å². The predicted molar refractivity (Wildman–Crippen MR) is 126 cm³/mol. The van der Waals surface area contributed by atoms with E-state index in [0.29, 0.717) is 18.0 Å². The number of hydrogen-bond acceptors (Lipinski definition) is 5. The molecule has 2 aliphatic rings. The summed E-state index contributed by atoms with van der Waals surface area (Å²) < 4.78 is 7.53. The molecule has 0 saturated carbocycles. The number of carbonyl (C=O) groups excluding carboxylic acids is 3. The number of fused-ring (bicyclic) bond motifs is 1. The minimum Gasteiger partial charge on any atom is -0.376 e. The highest BCUT2D eigenvalue weighted by atomic mass is 32.2. The van der Waals surface area contributed by atoms with Gasteiger partial charge in [-0.1, -0.05) is 32.0 Å². The Morgan fingerprint density at radius 2 is 2.16 bits per heavy atom. The second-order valence-electron chi connectivity index (χ2n) is 8.15. The lowest BCUT2D eigenvalue weighted by atomic mass is 10.1. The number of carbonyl (C=O) groups is 3. The van der Waals surface area contributed by atoms with E-state index < -0.39 is 0 Å². The Bertz CT molecular complexity index is 1070. The summed E-state index contributed by atoms with van der Waals surface area (Å²) in [5, 5.41) is 3.72. The van der Waals surface area contributed by atoms with Gasteiger partial charge in [-0.25, -0.2) is 0 Å². The summed E-state index contributed by atoms with van der Waals surface area (Å²) in [5.74, 6) is -0.318. The number of hydrogen-bond donors (Lipinski definition) is 1. The van der Waals surface area contributed by atoms with E-state index in [9.17, 15) is 14.4 Å². The lowest BCUT2D eigenvalue weighted by Gasteiger charge is -2.12. The van der Waals surface area contributed by atoms with Gasteiger partial charge in [-0.15, -0.1) is 0 Å². The summed E-state index contributed by atoms with van der Waals surface area (Å²) in [7, 11) is 0. The van der Waals surface area contributed by atoms with Gasteiger partial charge in [0.1, 0.15) is 6.54 Å². The van der Waals surface area contributed by atoms with E-state index in [4.69, 9.17) is 4.74 Å². The highest BCUT2D eigenvalue weighted by molar-refractivity contribution is 8.18. The van der Waals surface area contributed by atoms with Gasteiger partial charge in [-0.3, -0.25) is 19.3 Å². The number of rotatable bonds is 8. The molecule has 3 heterocycles. The summed E-state index contributed by atoms with van der Waals surface area (Å²) >= 11 is 0.977. The average Bonchev–Trinajstić information content (AvgIpc) is 3.49. The van der Waals surface area contributed by atoms with E-state index in [-0.39, 0.29) is 29.7 Å². The molecule has 1 atom stereocenters. The lowest BCUT2D eigenvalue weighted by Crippen LogP contribution is -2.34. The van der Waals surface area contributed by atoms with Crippen LogP contribution in [0.1, 0.15) is 44.2 Å². The van der Waals surface area contributed by atoms with Crippen LogP contribution in [0.3, 0.4) is 0 Å². The van der Waals surface area contributed by atoms with Crippen LogP contribution in [0.25, 0.3) is 17.0 Å². The molecule has 4 rings (SSSR count). The number of thioether (sulfide) groups is 1. The summed E-state index contributed by atoms with van der Waals surface area (Å²) in [6.07, 6.45) is 7.35. The molecule has 2 aromatic rings. The second kappa shape index (κ2) is 9.92. The first kappa shape index (κ1) is 22.6. The normalized spacial score (nSPS) is 20.1. The molecule has 3 amide bonds. The van der Waals surface area contributed by atoms with E-state index in [1.807, 2.05) is 29.8 Å².